The van der Waals surface area contributed by atoms with Crippen molar-refractivity contribution in [1.82, 2.24) is 5.48 Å². The zero-order chi connectivity index (χ0) is 9.26. The maximum Gasteiger partial charge on any atom is 0.246 e. The van der Waals surface area contributed by atoms with E-state index < -0.39 is 6.10 Å². The molecule has 0 saturated carbocycles. The Balaban J connectivity index is 2.26. The number of nitrogens with one attached hydrogen (secondary N) is 1. The van der Waals surface area contributed by atoms with Gasteiger partial charge >= 0.3 is 0 Å². The van der Waals surface area contributed by atoms with Crippen molar-refractivity contribution in [2.75, 3.05) is 0 Å². The van der Waals surface area contributed by atoms with Gasteiger partial charge in [-0.25, -0.2) is 9.87 Å². The Morgan fingerprint density at radius 1 is 1.46 bits per heavy atom. The van der Waals surface area contributed by atoms with Crippen LogP contribution in [0, 0.1) is 5.82 Å². The molecule has 1 aromatic carbocycles. The predicted octanol–water partition coefficient (Wildman–Crippen LogP) is 1.32. The molecule has 1 amide bonds. The molecule has 1 atom stereocenters. The molecule has 1 aliphatic rings. The third-order valence-electron chi connectivity index (χ3n) is 1.94. The molecule has 0 aromatic heterocycles. The summed E-state index contributed by atoms with van der Waals surface area (Å²) in [6.45, 7) is 0. The Morgan fingerprint density at radius 2 is 2.23 bits per heavy atom. The Kier molecular flexibility index (Phi) is 1.98. The molecule has 2 rings (SSSR count). The van der Waals surface area contributed by atoms with Crippen molar-refractivity contribution in [3.05, 3.63) is 35.6 Å². The van der Waals surface area contributed by atoms with E-state index in [2.05, 4.69) is 5.48 Å². The summed E-state index contributed by atoms with van der Waals surface area (Å²) < 4.78 is 13.1. The number of carbonyl (C=O) groups excluding carboxylic acids is 1. The molecule has 13 heavy (non-hydrogen) atoms. The second-order valence-electron chi connectivity index (χ2n) is 2.86. The van der Waals surface area contributed by atoms with Crippen LogP contribution in [0.1, 0.15) is 18.1 Å². The van der Waals surface area contributed by atoms with Gasteiger partial charge in [-0.3, -0.25) is 9.63 Å². The number of carbonyl (C=O) groups is 1. The molecule has 1 heterocycles. The van der Waals surface area contributed by atoms with Crippen molar-refractivity contribution in [2.45, 2.75) is 12.5 Å². The van der Waals surface area contributed by atoms with Gasteiger partial charge in [0, 0.05) is 5.56 Å². The predicted molar refractivity (Wildman–Crippen MR) is 43.0 cm³/mol. The Bertz CT molecular complexity index is 340. The van der Waals surface area contributed by atoms with Crippen molar-refractivity contribution >= 4 is 5.91 Å². The van der Waals surface area contributed by atoms with Gasteiger partial charge in [0.2, 0.25) is 5.91 Å². The van der Waals surface area contributed by atoms with E-state index in [0.29, 0.717) is 5.56 Å². The second-order valence-corrected chi connectivity index (χ2v) is 2.86. The SMILES string of the molecule is O=C1CC(c2ccccc2F)ON1. The van der Waals surface area contributed by atoms with Gasteiger partial charge in [0.25, 0.3) is 0 Å². The van der Waals surface area contributed by atoms with E-state index in [4.69, 9.17) is 4.84 Å². The van der Waals surface area contributed by atoms with Crippen LogP contribution in [-0.4, -0.2) is 5.91 Å². The molecule has 1 fully saturated rings. The summed E-state index contributed by atoms with van der Waals surface area (Å²) in [7, 11) is 0. The second kappa shape index (κ2) is 3.14. The third-order valence-corrected chi connectivity index (χ3v) is 1.94. The molecule has 0 spiro atoms. The lowest BCUT2D eigenvalue weighted by atomic mass is 10.1. The summed E-state index contributed by atoms with van der Waals surface area (Å²) >= 11 is 0. The standard InChI is InChI=1S/C9H8FNO2/c10-7-4-2-1-3-6(7)8-5-9(12)11-13-8/h1-4,8H,5H2,(H,11,12). The Morgan fingerprint density at radius 3 is 2.85 bits per heavy atom. The smallest absolute Gasteiger partial charge is 0.246 e. The van der Waals surface area contributed by atoms with Crippen molar-refractivity contribution in [3.8, 4) is 0 Å². The van der Waals surface area contributed by atoms with Gasteiger partial charge < -0.3 is 0 Å². The zero-order valence-electron chi connectivity index (χ0n) is 6.79. The molecule has 68 valence electrons. The summed E-state index contributed by atoms with van der Waals surface area (Å²) in [5.41, 5.74) is 2.61. The quantitative estimate of drug-likeness (QED) is 0.709. The van der Waals surface area contributed by atoms with Crippen LogP contribution in [0.15, 0.2) is 24.3 Å². The van der Waals surface area contributed by atoms with Gasteiger partial charge in [0.1, 0.15) is 11.9 Å². The van der Waals surface area contributed by atoms with Crippen molar-refractivity contribution in [1.29, 1.82) is 0 Å². The maximum absolute atomic E-state index is 13.1. The van der Waals surface area contributed by atoms with Crippen LogP contribution in [0.4, 0.5) is 4.39 Å². The van der Waals surface area contributed by atoms with Crippen LogP contribution in [-0.2, 0) is 9.63 Å². The normalized spacial score (nSPS) is 21.6. The number of amides is 1. The largest absolute Gasteiger partial charge is 0.273 e. The molecule has 0 bridgehead atoms. The van der Waals surface area contributed by atoms with E-state index in [-0.39, 0.29) is 18.1 Å². The number of benzene rings is 1. The topological polar surface area (TPSA) is 38.3 Å². The van der Waals surface area contributed by atoms with Gasteiger partial charge in [-0.15, -0.1) is 0 Å². The van der Waals surface area contributed by atoms with E-state index in [1.807, 2.05) is 0 Å². The van der Waals surface area contributed by atoms with Gasteiger partial charge in [-0.05, 0) is 6.07 Å². The molecule has 4 heteroatoms. The first kappa shape index (κ1) is 8.19. The van der Waals surface area contributed by atoms with E-state index in [1.165, 1.54) is 6.07 Å². The number of hydrogen-bond acceptors (Lipinski definition) is 2. The van der Waals surface area contributed by atoms with Crippen molar-refractivity contribution in [2.24, 2.45) is 0 Å². The van der Waals surface area contributed by atoms with Crippen LogP contribution >= 0.6 is 0 Å². The third kappa shape index (κ3) is 1.53. The van der Waals surface area contributed by atoms with E-state index in [1.54, 1.807) is 18.2 Å². The van der Waals surface area contributed by atoms with Gasteiger partial charge in [-0.1, -0.05) is 18.2 Å². The first-order chi connectivity index (χ1) is 6.27. The number of rotatable bonds is 1. The number of hydrogen-bond donors (Lipinski definition) is 1. The minimum Gasteiger partial charge on any atom is -0.273 e. The molecular formula is C9H8FNO2. The summed E-state index contributed by atoms with van der Waals surface area (Å²) in [6.07, 6.45) is -0.310. The first-order valence-electron chi connectivity index (χ1n) is 3.96. The summed E-state index contributed by atoms with van der Waals surface area (Å²) in [5, 5.41) is 0. The monoisotopic (exact) mass is 181 g/mol. The number of halogens is 1. The highest BCUT2D eigenvalue weighted by molar-refractivity contribution is 5.77. The van der Waals surface area contributed by atoms with E-state index in [0.717, 1.165) is 0 Å². The van der Waals surface area contributed by atoms with E-state index >= 15 is 0 Å². The van der Waals surface area contributed by atoms with E-state index in [9.17, 15) is 9.18 Å². The van der Waals surface area contributed by atoms with Crippen LogP contribution in [0.25, 0.3) is 0 Å². The summed E-state index contributed by atoms with van der Waals surface area (Å²) in [4.78, 5) is 15.7. The summed E-state index contributed by atoms with van der Waals surface area (Å²) in [5.74, 6) is -0.558. The molecule has 1 aliphatic heterocycles. The lowest BCUT2D eigenvalue weighted by Gasteiger charge is -2.07. The molecule has 1 saturated heterocycles. The lowest BCUT2D eigenvalue weighted by Crippen LogP contribution is -2.11. The Labute approximate surface area is 74.5 Å². The van der Waals surface area contributed by atoms with Crippen molar-refractivity contribution < 1.29 is 14.0 Å². The zero-order valence-corrected chi connectivity index (χ0v) is 6.79. The average Bonchev–Trinajstić information content (AvgIpc) is 2.53. The average molecular weight is 181 g/mol. The molecule has 1 N–H and O–H groups in total. The van der Waals surface area contributed by atoms with Gasteiger partial charge in [-0.2, -0.15) is 0 Å². The van der Waals surface area contributed by atoms with Crippen molar-refractivity contribution in [3.63, 3.8) is 0 Å². The van der Waals surface area contributed by atoms with Crippen LogP contribution in [0.3, 0.4) is 0 Å². The molecule has 1 aromatic rings. The summed E-state index contributed by atoms with van der Waals surface area (Å²) in [6, 6.07) is 6.27. The fourth-order valence-electron chi connectivity index (χ4n) is 1.30. The van der Waals surface area contributed by atoms with Gasteiger partial charge in [0.05, 0.1) is 6.42 Å². The fourth-order valence-corrected chi connectivity index (χ4v) is 1.30. The Hall–Kier alpha value is -1.42. The fraction of sp³-hybridized carbons (Fsp3) is 0.222. The maximum atomic E-state index is 13.1. The highest BCUT2D eigenvalue weighted by atomic mass is 19.1. The minimum absolute atomic E-state index is 0.181. The molecule has 0 radical (unpaired) electrons. The number of hydroxylamine groups is 1. The highest BCUT2D eigenvalue weighted by Crippen LogP contribution is 2.25. The minimum atomic E-state index is -0.492. The van der Waals surface area contributed by atoms with Crippen LogP contribution < -0.4 is 5.48 Å². The first-order valence-corrected chi connectivity index (χ1v) is 3.96. The highest BCUT2D eigenvalue weighted by Gasteiger charge is 2.26. The molecule has 0 aliphatic carbocycles. The lowest BCUT2D eigenvalue weighted by molar-refractivity contribution is -0.124. The molecule has 1 unspecified atom stereocenters. The van der Waals surface area contributed by atoms with Crippen LogP contribution in [0.5, 0.6) is 0 Å². The molecular weight excluding hydrogens is 173 g/mol. The molecule has 3 nitrogen and oxygen atoms in total. The van der Waals surface area contributed by atoms with Gasteiger partial charge in [0.15, 0.2) is 0 Å². The van der Waals surface area contributed by atoms with Crippen LogP contribution in [0.2, 0.25) is 0 Å².